The van der Waals surface area contributed by atoms with Crippen LogP contribution in [0.15, 0.2) is 82.0 Å². The van der Waals surface area contributed by atoms with Crippen LogP contribution in [0.3, 0.4) is 0 Å². The van der Waals surface area contributed by atoms with Crippen molar-refractivity contribution in [2.24, 2.45) is 0 Å². The number of para-hydroxylation sites is 1. The lowest BCUT2D eigenvalue weighted by Gasteiger charge is -2.11. The largest absolute Gasteiger partial charge is 0.422 e. The van der Waals surface area contributed by atoms with Gasteiger partial charge in [0.2, 0.25) is 0 Å². The molecule has 3 aromatic carbocycles. The lowest BCUT2D eigenvalue weighted by Crippen LogP contribution is -2.34. The first-order valence-electron chi connectivity index (χ1n) is 9.11. The fourth-order valence-electron chi connectivity index (χ4n) is 3.03. The molecule has 0 radical (unpaired) electrons. The van der Waals surface area contributed by atoms with E-state index >= 15 is 0 Å². The zero-order valence-electron chi connectivity index (χ0n) is 15.8. The van der Waals surface area contributed by atoms with Crippen molar-refractivity contribution in [2.45, 2.75) is 0 Å². The Morgan fingerprint density at radius 1 is 0.968 bits per heavy atom. The molecule has 0 aliphatic heterocycles. The molecule has 5 nitrogen and oxygen atoms in total. The molecule has 1 aromatic heterocycles. The molecule has 0 bridgehead atoms. The van der Waals surface area contributed by atoms with Crippen LogP contribution in [0.2, 0.25) is 5.02 Å². The number of carbonyl (C=O) groups is 1. The van der Waals surface area contributed by atoms with Gasteiger partial charge < -0.3 is 9.73 Å². The number of nitrogens with one attached hydrogen (secondary N) is 2. The molecule has 4 rings (SSSR count). The molecule has 0 atom stereocenters. The lowest BCUT2D eigenvalue weighted by molar-refractivity contribution is 0.0977. The summed E-state index contributed by atoms with van der Waals surface area (Å²) in [6, 6.07) is 19.1. The van der Waals surface area contributed by atoms with Crippen molar-refractivity contribution >= 4 is 51.5 Å². The quantitative estimate of drug-likeness (QED) is 0.322. The summed E-state index contributed by atoms with van der Waals surface area (Å²) in [5.41, 5.74) is 1.46. The Hall–Kier alpha value is -3.55. The molecular formula is C23H14ClFN2O3S. The van der Waals surface area contributed by atoms with Crippen LogP contribution in [0.1, 0.15) is 10.4 Å². The third-order valence-corrected chi connectivity index (χ3v) is 4.99. The minimum absolute atomic E-state index is 0.0169. The van der Waals surface area contributed by atoms with E-state index in [9.17, 15) is 14.0 Å². The van der Waals surface area contributed by atoms with Crippen molar-refractivity contribution < 1.29 is 13.6 Å². The molecule has 0 unspecified atom stereocenters. The average Bonchev–Trinajstić information content (AvgIpc) is 2.73. The summed E-state index contributed by atoms with van der Waals surface area (Å²) in [4.78, 5) is 24.6. The minimum Gasteiger partial charge on any atom is -0.422 e. The predicted octanol–water partition coefficient (Wildman–Crippen LogP) is 5.38. The second-order valence-electron chi connectivity index (χ2n) is 6.60. The number of amides is 1. The Bertz CT molecular complexity index is 1390. The third kappa shape index (κ3) is 4.63. The zero-order chi connectivity index (χ0) is 22.0. The van der Waals surface area contributed by atoms with Crippen LogP contribution in [0.5, 0.6) is 0 Å². The van der Waals surface area contributed by atoms with Gasteiger partial charge in [-0.25, -0.2) is 9.18 Å². The number of thiocarbonyl (C=S) groups is 1. The summed E-state index contributed by atoms with van der Waals surface area (Å²) < 4.78 is 18.6. The predicted molar refractivity (Wildman–Crippen MR) is 123 cm³/mol. The molecule has 0 aliphatic rings. The molecule has 0 fully saturated rings. The normalized spacial score (nSPS) is 10.6. The van der Waals surface area contributed by atoms with E-state index in [0.29, 0.717) is 27.4 Å². The number of anilines is 1. The molecule has 8 heteroatoms. The number of halogens is 2. The molecule has 0 aliphatic carbocycles. The second kappa shape index (κ2) is 8.67. The van der Waals surface area contributed by atoms with Crippen LogP contribution in [-0.2, 0) is 0 Å². The third-order valence-electron chi connectivity index (χ3n) is 4.47. The van der Waals surface area contributed by atoms with Gasteiger partial charge in [-0.05, 0) is 54.7 Å². The summed E-state index contributed by atoms with van der Waals surface area (Å²) in [7, 11) is 0. The number of carbonyl (C=O) groups excluding carboxylic acids is 1. The first-order chi connectivity index (χ1) is 14.9. The number of rotatable bonds is 3. The lowest BCUT2D eigenvalue weighted by atomic mass is 10.1. The van der Waals surface area contributed by atoms with Gasteiger partial charge in [-0.1, -0.05) is 41.9 Å². The van der Waals surface area contributed by atoms with Crippen LogP contribution in [-0.4, -0.2) is 11.0 Å². The molecule has 0 spiro atoms. The number of hydrogen-bond acceptors (Lipinski definition) is 4. The van der Waals surface area contributed by atoms with E-state index in [-0.39, 0.29) is 10.7 Å². The molecule has 4 aromatic rings. The Kier molecular flexibility index (Phi) is 5.79. The van der Waals surface area contributed by atoms with Crippen molar-refractivity contribution in [1.82, 2.24) is 5.32 Å². The molecular weight excluding hydrogens is 439 g/mol. The summed E-state index contributed by atoms with van der Waals surface area (Å²) in [6.45, 7) is 0. The Morgan fingerprint density at radius 3 is 2.55 bits per heavy atom. The highest BCUT2D eigenvalue weighted by atomic mass is 35.5. The summed E-state index contributed by atoms with van der Waals surface area (Å²) >= 11 is 11.5. The smallest absolute Gasteiger partial charge is 0.344 e. The molecule has 0 saturated heterocycles. The van der Waals surface area contributed by atoms with Gasteiger partial charge >= 0.3 is 5.63 Å². The Balaban J connectivity index is 1.53. The summed E-state index contributed by atoms with van der Waals surface area (Å²) in [5, 5.41) is 6.40. The van der Waals surface area contributed by atoms with Crippen LogP contribution < -0.4 is 16.3 Å². The van der Waals surface area contributed by atoms with Crippen molar-refractivity contribution in [3.63, 3.8) is 0 Å². The van der Waals surface area contributed by atoms with Crippen LogP contribution in [0.4, 0.5) is 10.1 Å². The molecule has 1 heterocycles. The maximum Gasteiger partial charge on any atom is 0.344 e. The van der Waals surface area contributed by atoms with E-state index in [1.807, 2.05) is 12.1 Å². The first-order valence-corrected chi connectivity index (χ1v) is 9.90. The van der Waals surface area contributed by atoms with Crippen LogP contribution in [0, 0.1) is 5.82 Å². The topological polar surface area (TPSA) is 71.3 Å². The van der Waals surface area contributed by atoms with Crippen LogP contribution >= 0.6 is 23.8 Å². The number of fused-ring (bicyclic) bond motifs is 1. The van der Waals surface area contributed by atoms with Gasteiger partial charge in [0.25, 0.3) is 5.91 Å². The highest BCUT2D eigenvalue weighted by molar-refractivity contribution is 7.80. The SMILES string of the molecule is O=C(NC(=S)Nc1ccc(-c2cc3ccccc3oc2=O)c(Cl)c1)c1cccc(F)c1. The molecule has 0 saturated carbocycles. The highest BCUT2D eigenvalue weighted by Gasteiger charge is 2.13. The van der Waals surface area contributed by atoms with E-state index in [0.717, 1.165) is 11.5 Å². The van der Waals surface area contributed by atoms with Gasteiger partial charge in [-0.2, -0.15) is 0 Å². The molecule has 2 N–H and O–H groups in total. The zero-order valence-corrected chi connectivity index (χ0v) is 17.4. The number of benzene rings is 3. The maximum absolute atomic E-state index is 13.3. The maximum atomic E-state index is 13.3. The summed E-state index contributed by atoms with van der Waals surface area (Å²) in [6.07, 6.45) is 0. The monoisotopic (exact) mass is 452 g/mol. The Morgan fingerprint density at radius 2 is 1.77 bits per heavy atom. The number of hydrogen-bond donors (Lipinski definition) is 2. The fraction of sp³-hybridized carbons (Fsp3) is 0. The highest BCUT2D eigenvalue weighted by Crippen LogP contribution is 2.30. The average molecular weight is 453 g/mol. The molecule has 31 heavy (non-hydrogen) atoms. The van der Waals surface area contributed by atoms with E-state index < -0.39 is 17.3 Å². The second-order valence-corrected chi connectivity index (χ2v) is 7.41. The van der Waals surface area contributed by atoms with E-state index in [2.05, 4.69) is 10.6 Å². The van der Waals surface area contributed by atoms with Crippen molar-refractivity contribution in [2.75, 3.05) is 5.32 Å². The van der Waals surface area contributed by atoms with E-state index in [4.69, 9.17) is 28.2 Å². The van der Waals surface area contributed by atoms with Gasteiger partial charge in [0.1, 0.15) is 11.4 Å². The van der Waals surface area contributed by atoms with Gasteiger partial charge in [0.05, 0.1) is 10.6 Å². The van der Waals surface area contributed by atoms with Gasteiger partial charge in [-0.3, -0.25) is 10.1 Å². The van der Waals surface area contributed by atoms with Crippen molar-refractivity contribution in [3.8, 4) is 11.1 Å². The van der Waals surface area contributed by atoms with Crippen LogP contribution in [0.25, 0.3) is 22.1 Å². The fourth-order valence-corrected chi connectivity index (χ4v) is 3.52. The Labute approximate surface area is 186 Å². The standard InChI is InChI=1S/C23H14ClFN2O3S/c24-19-12-16(26-23(31)27-21(28)14-5-3-6-15(25)10-14)8-9-17(19)18-11-13-4-1-2-7-20(13)30-22(18)29/h1-12H,(H2,26,27,28,31). The summed E-state index contributed by atoms with van der Waals surface area (Å²) in [5.74, 6) is -1.07. The van der Waals surface area contributed by atoms with Gasteiger partial charge in [-0.15, -0.1) is 0 Å². The van der Waals surface area contributed by atoms with Crippen molar-refractivity contribution in [1.29, 1.82) is 0 Å². The van der Waals surface area contributed by atoms with Gasteiger partial charge in [0, 0.05) is 22.2 Å². The van der Waals surface area contributed by atoms with Gasteiger partial charge in [0.15, 0.2) is 5.11 Å². The molecule has 154 valence electrons. The van der Waals surface area contributed by atoms with Crippen molar-refractivity contribution in [3.05, 3.63) is 99.6 Å². The van der Waals surface area contributed by atoms with E-state index in [1.54, 1.807) is 36.4 Å². The first kappa shape index (κ1) is 20.7. The van der Waals surface area contributed by atoms with E-state index in [1.165, 1.54) is 18.2 Å². The molecule has 1 amide bonds. The minimum atomic E-state index is -0.548.